The molecule has 1 amide bonds. The fourth-order valence-electron chi connectivity index (χ4n) is 2.57. The zero-order chi connectivity index (χ0) is 16.8. The maximum atomic E-state index is 12.5. The Labute approximate surface area is 133 Å². The molecule has 1 heterocycles. The van der Waals surface area contributed by atoms with Gasteiger partial charge >= 0.3 is 5.97 Å². The van der Waals surface area contributed by atoms with Crippen molar-refractivity contribution in [2.24, 2.45) is 0 Å². The van der Waals surface area contributed by atoms with Crippen molar-refractivity contribution in [2.45, 2.75) is 25.3 Å². The minimum atomic E-state index is -0.597. The van der Waals surface area contributed by atoms with Gasteiger partial charge in [-0.1, -0.05) is 0 Å². The molecule has 23 heavy (non-hydrogen) atoms. The molecular weight excluding hydrogens is 302 g/mol. The molecule has 1 saturated heterocycles. The second-order valence-electron chi connectivity index (χ2n) is 5.33. The Hall–Kier alpha value is -2.48. The summed E-state index contributed by atoms with van der Waals surface area (Å²) in [6.45, 7) is 1.52. The van der Waals surface area contributed by atoms with Gasteiger partial charge in [0, 0.05) is 17.8 Å². The van der Waals surface area contributed by atoms with Crippen LogP contribution in [0, 0.1) is 10.1 Å². The van der Waals surface area contributed by atoms with Crippen molar-refractivity contribution in [3.05, 3.63) is 34.4 Å². The average Bonchev–Trinajstić information content (AvgIpc) is 3.06. The van der Waals surface area contributed by atoms with Crippen LogP contribution in [0.1, 0.15) is 19.3 Å². The number of nitro benzene ring substituents is 1. The molecule has 0 radical (unpaired) electrons. The lowest BCUT2D eigenvalue weighted by molar-refractivity contribution is -0.384. The van der Waals surface area contributed by atoms with Gasteiger partial charge in [-0.25, -0.2) is 0 Å². The molecule has 2 rings (SSSR count). The van der Waals surface area contributed by atoms with Crippen molar-refractivity contribution >= 4 is 23.3 Å². The first-order valence-corrected chi connectivity index (χ1v) is 7.37. The van der Waals surface area contributed by atoms with E-state index in [1.807, 2.05) is 4.90 Å². The Morgan fingerprint density at radius 1 is 1.30 bits per heavy atom. The van der Waals surface area contributed by atoms with Crippen molar-refractivity contribution in [3.63, 3.8) is 0 Å². The number of esters is 1. The summed E-state index contributed by atoms with van der Waals surface area (Å²) in [7, 11) is 1.29. The molecule has 1 aromatic rings. The first-order chi connectivity index (χ1) is 11.0. The van der Waals surface area contributed by atoms with Crippen LogP contribution in [0.5, 0.6) is 0 Å². The van der Waals surface area contributed by atoms with Gasteiger partial charge in [-0.2, -0.15) is 0 Å². The van der Waals surface area contributed by atoms with Crippen molar-refractivity contribution < 1.29 is 19.2 Å². The lowest BCUT2D eigenvalue weighted by Crippen LogP contribution is -2.44. The Kier molecular flexibility index (Phi) is 5.64. The molecule has 1 N–H and O–H groups in total. The van der Waals surface area contributed by atoms with E-state index in [2.05, 4.69) is 10.1 Å². The van der Waals surface area contributed by atoms with Gasteiger partial charge in [0.05, 0.1) is 18.5 Å². The molecule has 1 aliphatic rings. The number of methoxy groups -OCH3 is 1. The van der Waals surface area contributed by atoms with Crippen LogP contribution < -0.4 is 5.32 Å². The van der Waals surface area contributed by atoms with Gasteiger partial charge in [-0.15, -0.1) is 0 Å². The molecule has 1 atom stereocenters. The third kappa shape index (κ3) is 4.49. The highest BCUT2D eigenvalue weighted by molar-refractivity contribution is 5.97. The summed E-state index contributed by atoms with van der Waals surface area (Å²) in [6, 6.07) is 4.98. The normalized spacial score (nSPS) is 15.9. The number of ether oxygens (including phenoxy) is 1. The smallest absolute Gasteiger partial charge is 0.307 e. The fraction of sp³-hybridized carbons (Fsp3) is 0.467. The maximum Gasteiger partial charge on any atom is 0.307 e. The van der Waals surface area contributed by atoms with E-state index in [1.165, 1.54) is 31.4 Å². The molecule has 0 saturated carbocycles. The number of carbonyl (C=O) groups excluding carboxylic acids is 2. The number of amides is 1. The van der Waals surface area contributed by atoms with E-state index in [-0.39, 0.29) is 18.0 Å². The first kappa shape index (κ1) is 16.9. The van der Waals surface area contributed by atoms with E-state index in [4.69, 9.17) is 0 Å². The minimum Gasteiger partial charge on any atom is -0.469 e. The van der Waals surface area contributed by atoms with Gasteiger partial charge in [0.2, 0.25) is 5.91 Å². The zero-order valence-corrected chi connectivity index (χ0v) is 12.9. The third-order valence-electron chi connectivity index (χ3n) is 3.82. The summed E-state index contributed by atoms with van der Waals surface area (Å²) in [4.78, 5) is 36.1. The van der Waals surface area contributed by atoms with Crippen LogP contribution in [0.25, 0.3) is 0 Å². The highest BCUT2D eigenvalue weighted by Crippen LogP contribution is 2.19. The maximum absolute atomic E-state index is 12.5. The number of benzene rings is 1. The molecule has 0 aliphatic carbocycles. The van der Waals surface area contributed by atoms with E-state index in [0.29, 0.717) is 5.69 Å². The number of anilines is 1. The van der Waals surface area contributed by atoms with E-state index in [0.717, 1.165) is 25.9 Å². The number of carbonyl (C=O) groups is 2. The van der Waals surface area contributed by atoms with Crippen molar-refractivity contribution in [2.75, 3.05) is 25.5 Å². The number of nitrogens with zero attached hydrogens (tertiary/aromatic N) is 2. The molecular formula is C15H19N3O5. The van der Waals surface area contributed by atoms with Gasteiger partial charge in [0.25, 0.3) is 5.69 Å². The summed E-state index contributed by atoms with van der Waals surface area (Å²) < 4.78 is 4.66. The Balaban J connectivity index is 2.06. The lowest BCUT2D eigenvalue weighted by Gasteiger charge is -2.25. The average molecular weight is 321 g/mol. The summed E-state index contributed by atoms with van der Waals surface area (Å²) in [5.41, 5.74) is 0.406. The van der Waals surface area contributed by atoms with Crippen LogP contribution in [0.4, 0.5) is 11.4 Å². The van der Waals surface area contributed by atoms with Gasteiger partial charge < -0.3 is 10.1 Å². The molecule has 0 aromatic heterocycles. The highest BCUT2D eigenvalue weighted by atomic mass is 16.6. The Bertz CT molecular complexity index is 581. The molecule has 0 spiro atoms. The molecule has 1 aromatic carbocycles. The topological polar surface area (TPSA) is 102 Å². The molecule has 0 bridgehead atoms. The predicted octanol–water partition coefficient (Wildman–Crippen LogP) is 1.56. The van der Waals surface area contributed by atoms with Gasteiger partial charge in [0.1, 0.15) is 6.04 Å². The van der Waals surface area contributed by atoms with E-state index in [9.17, 15) is 19.7 Å². The second-order valence-corrected chi connectivity index (χ2v) is 5.33. The van der Waals surface area contributed by atoms with E-state index >= 15 is 0 Å². The summed E-state index contributed by atoms with van der Waals surface area (Å²) >= 11 is 0. The van der Waals surface area contributed by atoms with Crippen LogP contribution in [-0.2, 0) is 14.3 Å². The number of nitrogens with one attached hydrogen (secondary N) is 1. The lowest BCUT2D eigenvalue weighted by atomic mass is 10.1. The SMILES string of the molecule is COC(=O)CC(C(=O)Nc1ccc([N+](=O)[O-])cc1)N1CCCC1. The predicted molar refractivity (Wildman–Crippen MR) is 83.0 cm³/mol. The Morgan fingerprint density at radius 2 is 1.91 bits per heavy atom. The van der Waals surface area contributed by atoms with Gasteiger partial charge in [-0.05, 0) is 38.1 Å². The number of nitro groups is 1. The number of hydrogen-bond acceptors (Lipinski definition) is 6. The number of likely N-dealkylation sites (tertiary alicyclic amines) is 1. The van der Waals surface area contributed by atoms with Crippen molar-refractivity contribution in [1.82, 2.24) is 4.90 Å². The van der Waals surface area contributed by atoms with Gasteiger partial charge in [-0.3, -0.25) is 24.6 Å². The van der Waals surface area contributed by atoms with Crippen LogP contribution >= 0.6 is 0 Å². The summed E-state index contributed by atoms with van der Waals surface area (Å²) in [5.74, 6) is -0.757. The number of non-ortho nitro benzene ring substituents is 1. The van der Waals surface area contributed by atoms with Gasteiger partial charge in [0.15, 0.2) is 0 Å². The standard InChI is InChI=1S/C15H19N3O5/c1-23-14(19)10-13(17-8-2-3-9-17)15(20)16-11-4-6-12(7-5-11)18(21)22/h4-7,13H,2-3,8-10H2,1H3,(H,16,20). The quantitative estimate of drug-likeness (QED) is 0.485. The molecule has 1 aliphatic heterocycles. The van der Waals surface area contributed by atoms with Crippen LogP contribution in [-0.4, -0.2) is 47.9 Å². The Morgan fingerprint density at radius 3 is 2.43 bits per heavy atom. The fourth-order valence-corrected chi connectivity index (χ4v) is 2.57. The van der Waals surface area contributed by atoms with Crippen molar-refractivity contribution in [1.29, 1.82) is 0 Å². The summed E-state index contributed by atoms with van der Waals surface area (Å²) in [6.07, 6.45) is 1.96. The zero-order valence-electron chi connectivity index (χ0n) is 12.9. The van der Waals surface area contributed by atoms with Crippen molar-refractivity contribution in [3.8, 4) is 0 Å². The minimum absolute atomic E-state index is 0.0185. The van der Waals surface area contributed by atoms with E-state index < -0.39 is 16.9 Å². The molecule has 1 unspecified atom stereocenters. The van der Waals surface area contributed by atoms with Crippen LogP contribution in [0.2, 0.25) is 0 Å². The summed E-state index contributed by atoms with van der Waals surface area (Å²) in [5, 5.41) is 13.3. The monoisotopic (exact) mass is 321 g/mol. The number of hydrogen-bond donors (Lipinski definition) is 1. The molecule has 124 valence electrons. The van der Waals surface area contributed by atoms with E-state index in [1.54, 1.807) is 0 Å². The van der Waals surface area contributed by atoms with Crippen LogP contribution in [0.3, 0.4) is 0 Å². The number of rotatable bonds is 6. The third-order valence-corrected chi connectivity index (χ3v) is 3.82. The first-order valence-electron chi connectivity index (χ1n) is 7.37. The highest BCUT2D eigenvalue weighted by Gasteiger charge is 2.30. The largest absolute Gasteiger partial charge is 0.469 e. The molecule has 8 heteroatoms. The van der Waals surface area contributed by atoms with Crippen LogP contribution in [0.15, 0.2) is 24.3 Å². The second kappa shape index (κ2) is 7.68. The molecule has 1 fully saturated rings. The molecule has 8 nitrogen and oxygen atoms in total.